The highest BCUT2D eigenvalue weighted by Crippen LogP contribution is 2.46. The van der Waals surface area contributed by atoms with Crippen LogP contribution in [0.3, 0.4) is 0 Å². The average Bonchev–Trinajstić information content (AvgIpc) is 2.89. The standard InChI is InChI=1S/C22H15Cl2N3O/c1-22(12-14-4-6-15(13-25)7-5-14)19-3-2-8-26-20(19)27(21(22)28)18-10-16(23)9-17(24)11-18/h2-11H,12H2,1H3. The van der Waals surface area contributed by atoms with Crippen molar-refractivity contribution in [2.45, 2.75) is 18.8 Å². The van der Waals surface area contributed by atoms with Crippen molar-refractivity contribution in [1.29, 1.82) is 5.26 Å². The van der Waals surface area contributed by atoms with E-state index in [-0.39, 0.29) is 5.91 Å². The number of fused-ring (bicyclic) bond motifs is 1. The Balaban J connectivity index is 1.80. The van der Waals surface area contributed by atoms with Crippen LogP contribution >= 0.6 is 23.2 Å². The number of benzene rings is 2. The first-order valence-corrected chi connectivity index (χ1v) is 9.43. The maximum absolute atomic E-state index is 13.6. The normalized spacial score (nSPS) is 18.1. The summed E-state index contributed by atoms with van der Waals surface area (Å²) in [4.78, 5) is 19.6. The fourth-order valence-electron chi connectivity index (χ4n) is 3.65. The van der Waals surface area contributed by atoms with Crippen LogP contribution in [-0.2, 0) is 16.6 Å². The van der Waals surface area contributed by atoms with E-state index in [2.05, 4.69) is 11.1 Å². The van der Waals surface area contributed by atoms with Gasteiger partial charge in [0.25, 0.3) is 0 Å². The lowest BCUT2D eigenvalue weighted by atomic mass is 9.79. The number of amides is 1. The predicted molar refractivity (Wildman–Crippen MR) is 110 cm³/mol. The molecule has 1 atom stereocenters. The van der Waals surface area contributed by atoms with Crippen molar-refractivity contribution in [1.82, 2.24) is 4.98 Å². The Kier molecular flexibility index (Phi) is 4.58. The summed E-state index contributed by atoms with van der Waals surface area (Å²) in [6, 6.07) is 18.2. The minimum absolute atomic E-state index is 0.0936. The monoisotopic (exact) mass is 407 g/mol. The molecule has 0 bridgehead atoms. The van der Waals surface area contributed by atoms with Gasteiger partial charge in [0.1, 0.15) is 5.82 Å². The van der Waals surface area contributed by atoms with Crippen molar-refractivity contribution in [3.05, 3.63) is 87.5 Å². The maximum atomic E-state index is 13.6. The van der Waals surface area contributed by atoms with Crippen molar-refractivity contribution < 1.29 is 4.79 Å². The quantitative estimate of drug-likeness (QED) is 0.580. The zero-order chi connectivity index (χ0) is 19.9. The Hall–Kier alpha value is -2.87. The molecule has 0 spiro atoms. The molecule has 1 aromatic heterocycles. The van der Waals surface area contributed by atoms with Crippen LogP contribution in [-0.4, -0.2) is 10.9 Å². The predicted octanol–water partition coefficient (Wildman–Crippen LogP) is 5.44. The van der Waals surface area contributed by atoms with Gasteiger partial charge >= 0.3 is 0 Å². The molecule has 2 heterocycles. The number of halogens is 2. The summed E-state index contributed by atoms with van der Waals surface area (Å²) in [7, 11) is 0. The molecule has 28 heavy (non-hydrogen) atoms. The molecule has 1 aliphatic heterocycles. The molecule has 1 unspecified atom stereocenters. The van der Waals surface area contributed by atoms with E-state index in [4.69, 9.17) is 28.5 Å². The second-order valence-corrected chi connectivity index (χ2v) is 7.83. The highest BCUT2D eigenvalue weighted by molar-refractivity contribution is 6.35. The van der Waals surface area contributed by atoms with E-state index in [1.165, 1.54) is 0 Å². The van der Waals surface area contributed by atoms with Gasteiger partial charge in [-0.2, -0.15) is 5.26 Å². The summed E-state index contributed by atoms with van der Waals surface area (Å²) in [6.07, 6.45) is 2.15. The number of nitrogens with zero attached hydrogens (tertiary/aromatic N) is 3. The fraction of sp³-hybridized carbons (Fsp3) is 0.136. The van der Waals surface area contributed by atoms with Gasteiger partial charge in [-0.1, -0.05) is 41.4 Å². The van der Waals surface area contributed by atoms with E-state index in [1.807, 2.05) is 31.2 Å². The van der Waals surface area contributed by atoms with Crippen molar-refractivity contribution in [3.8, 4) is 6.07 Å². The molecule has 4 rings (SSSR count). The molecule has 1 aliphatic rings. The molecule has 1 amide bonds. The minimum Gasteiger partial charge on any atom is -0.273 e. The third-order valence-corrected chi connectivity index (χ3v) is 5.45. The van der Waals surface area contributed by atoms with Gasteiger partial charge in [0, 0.05) is 21.8 Å². The van der Waals surface area contributed by atoms with Gasteiger partial charge in [-0.25, -0.2) is 4.98 Å². The van der Waals surface area contributed by atoms with Gasteiger partial charge in [0.15, 0.2) is 0 Å². The van der Waals surface area contributed by atoms with Crippen molar-refractivity contribution in [2.24, 2.45) is 0 Å². The second kappa shape index (κ2) is 6.94. The van der Waals surface area contributed by atoms with Crippen molar-refractivity contribution >= 4 is 40.6 Å². The zero-order valence-electron chi connectivity index (χ0n) is 15.0. The number of aromatic nitrogens is 1. The first-order chi connectivity index (χ1) is 13.4. The van der Waals surface area contributed by atoms with Crippen molar-refractivity contribution in [2.75, 3.05) is 4.90 Å². The SMILES string of the molecule is CC1(Cc2ccc(C#N)cc2)C(=O)N(c2cc(Cl)cc(Cl)c2)c2ncccc21. The lowest BCUT2D eigenvalue weighted by molar-refractivity contribution is -0.121. The van der Waals surface area contributed by atoms with Crippen LogP contribution in [0, 0.1) is 11.3 Å². The average molecular weight is 408 g/mol. The van der Waals surface area contributed by atoms with E-state index in [9.17, 15) is 4.79 Å². The smallest absolute Gasteiger partial charge is 0.243 e. The van der Waals surface area contributed by atoms with Gasteiger partial charge in [-0.3, -0.25) is 9.69 Å². The van der Waals surface area contributed by atoms with E-state index in [0.29, 0.717) is 33.5 Å². The molecule has 0 saturated heterocycles. The van der Waals surface area contributed by atoms with Crippen molar-refractivity contribution in [3.63, 3.8) is 0 Å². The summed E-state index contributed by atoms with van der Waals surface area (Å²) in [5, 5.41) is 9.91. The molecule has 6 heteroatoms. The molecule has 3 aromatic rings. The third-order valence-electron chi connectivity index (χ3n) is 5.01. The van der Waals surface area contributed by atoms with Gasteiger partial charge in [0.2, 0.25) is 5.91 Å². The topological polar surface area (TPSA) is 57.0 Å². The summed E-state index contributed by atoms with van der Waals surface area (Å²) >= 11 is 12.3. The zero-order valence-corrected chi connectivity index (χ0v) is 16.5. The highest BCUT2D eigenvalue weighted by atomic mass is 35.5. The largest absolute Gasteiger partial charge is 0.273 e. The molecular formula is C22H15Cl2N3O. The van der Waals surface area contributed by atoms with Crippen LogP contribution in [0.1, 0.15) is 23.6 Å². The van der Waals surface area contributed by atoms with E-state index in [0.717, 1.165) is 11.1 Å². The Labute approximate surface area is 173 Å². The minimum atomic E-state index is -0.799. The van der Waals surface area contributed by atoms with E-state index >= 15 is 0 Å². The molecule has 0 aliphatic carbocycles. The molecule has 0 fully saturated rings. The van der Waals surface area contributed by atoms with Crippen LogP contribution in [0.2, 0.25) is 10.0 Å². The Bertz CT molecular complexity index is 1100. The summed E-state index contributed by atoms with van der Waals surface area (Å²) < 4.78 is 0. The van der Waals surface area contributed by atoms with Gasteiger partial charge in [-0.15, -0.1) is 0 Å². The summed E-state index contributed by atoms with van der Waals surface area (Å²) in [5.41, 5.74) is 2.19. The number of carbonyl (C=O) groups is 1. The Morgan fingerprint density at radius 1 is 1.11 bits per heavy atom. The first kappa shape index (κ1) is 18.5. The Morgan fingerprint density at radius 3 is 2.43 bits per heavy atom. The maximum Gasteiger partial charge on any atom is 0.243 e. The van der Waals surface area contributed by atoms with Crippen LogP contribution < -0.4 is 4.90 Å². The first-order valence-electron chi connectivity index (χ1n) is 8.67. The van der Waals surface area contributed by atoms with Crippen LogP contribution in [0.4, 0.5) is 11.5 Å². The third kappa shape index (κ3) is 3.03. The summed E-state index contributed by atoms with van der Waals surface area (Å²) in [6.45, 7) is 1.92. The molecule has 0 N–H and O–H groups in total. The van der Waals surface area contributed by atoms with Gasteiger partial charge in [-0.05, 0) is 55.3 Å². The van der Waals surface area contributed by atoms with E-state index < -0.39 is 5.41 Å². The number of nitriles is 1. The fourth-order valence-corrected chi connectivity index (χ4v) is 4.16. The molecule has 0 radical (unpaired) electrons. The van der Waals surface area contributed by atoms with Crippen LogP contribution in [0.15, 0.2) is 60.8 Å². The van der Waals surface area contributed by atoms with Gasteiger partial charge in [0.05, 0.1) is 22.7 Å². The highest BCUT2D eigenvalue weighted by Gasteiger charge is 2.48. The number of carbonyl (C=O) groups excluding carboxylic acids is 1. The lowest BCUT2D eigenvalue weighted by Crippen LogP contribution is -2.37. The number of pyridine rings is 1. The molecule has 2 aromatic carbocycles. The van der Waals surface area contributed by atoms with Crippen LogP contribution in [0.25, 0.3) is 0 Å². The number of anilines is 2. The molecule has 138 valence electrons. The molecule has 4 nitrogen and oxygen atoms in total. The number of hydrogen-bond donors (Lipinski definition) is 0. The Morgan fingerprint density at radius 2 is 1.79 bits per heavy atom. The molecule has 0 saturated carbocycles. The van der Waals surface area contributed by atoms with Gasteiger partial charge < -0.3 is 0 Å². The summed E-state index contributed by atoms with van der Waals surface area (Å²) in [5.74, 6) is 0.492. The second-order valence-electron chi connectivity index (χ2n) is 6.96. The lowest BCUT2D eigenvalue weighted by Gasteiger charge is -2.24. The number of rotatable bonds is 3. The van der Waals surface area contributed by atoms with Crippen LogP contribution in [0.5, 0.6) is 0 Å². The van der Waals surface area contributed by atoms with E-state index in [1.54, 1.807) is 41.4 Å². The molecular weight excluding hydrogens is 393 g/mol. The number of hydrogen-bond acceptors (Lipinski definition) is 3.